The molecular formula is C14H21N3O2S. The first-order valence-electron chi connectivity index (χ1n) is 6.73. The highest BCUT2D eigenvalue weighted by Gasteiger charge is 2.16. The topological polar surface area (TPSA) is 70.1 Å². The van der Waals surface area contributed by atoms with Crippen LogP contribution in [0.2, 0.25) is 0 Å². The minimum absolute atomic E-state index is 0.153. The van der Waals surface area contributed by atoms with Crippen LogP contribution in [0.15, 0.2) is 18.2 Å². The van der Waals surface area contributed by atoms with E-state index in [2.05, 4.69) is 11.9 Å². The van der Waals surface area contributed by atoms with E-state index in [9.17, 15) is 4.21 Å². The van der Waals surface area contributed by atoms with Crippen molar-refractivity contribution < 1.29 is 8.95 Å². The fraction of sp³-hybridized carbons (Fsp3) is 0.500. The van der Waals surface area contributed by atoms with E-state index in [-0.39, 0.29) is 6.04 Å². The van der Waals surface area contributed by atoms with Crippen LogP contribution in [0, 0.1) is 0 Å². The van der Waals surface area contributed by atoms with Crippen molar-refractivity contribution in [1.82, 2.24) is 9.55 Å². The zero-order chi connectivity index (χ0) is 14.7. The van der Waals surface area contributed by atoms with Crippen LogP contribution in [0.5, 0.6) is 5.75 Å². The minimum Gasteiger partial charge on any atom is -0.492 e. The highest BCUT2D eigenvalue weighted by molar-refractivity contribution is 7.84. The zero-order valence-corrected chi connectivity index (χ0v) is 12.9. The molecule has 1 heterocycles. The molecule has 1 aromatic heterocycles. The number of nitrogens with two attached hydrogens (primary N) is 1. The molecule has 1 aromatic carbocycles. The molecule has 0 aliphatic carbocycles. The number of rotatable bonds is 6. The third kappa shape index (κ3) is 2.95. The summed E-state index contributed by atoms with van der Waals surface area (Å²) < 4.78 is 18.8. The Hall–Kier alpha value is -1.56. The van der Waals surface area contributed by atoms with Crippen LogP contribution in [0.3, 0.4) is 0 Å². The van der Waals surface area contributed by atoms with E-state index in [0.29, 0.717) is 18.3 Å². The number of ether oxygens (including phenoxy) is 1. The van der Waals surface area contributed by atoms with Crippen molar-refractivity contribution in [2.75, 3.05) is 24.3 Å². The summed E-state index contributed by atoms with van der Waals surface area (Å²) in [6, 6.07) is 5.98. The van der Waals surface area contributed by atoms with Crippen molar-refractivity contribution in [3.63, 3.8) is 0 Å². The summed E-state index contributed by atoms with van der Waals surface area (Å²) in [6.45, 7) is 4.60. The number of benzene rings is 1. The molecule has 0 aliphatic heterocycles. The number of aromatic nitrogens is 2. The van der Waals surface area contributed by atoms with Gasteiger partial charge in [-0.2, -0.15) is 0 Å². The van der Waals surface area contributed by atoms with Gasteiger partial charge in [-0.1, -0.05) is 6.07 Å². The van der Waals surface area contributed by atoms with Crippen LogP contribution in [0.25, 0.3) is 11.0 Å². The van der Waals surface area contributed by atoms with E-state index in [1.165, 1.54) is 0 Å². The Morgan fingerprint density at radius 1 is 1.50 bits per heavy atom. The number of hydrogen-bond acceptors (Lipinski definition) is 4. The standard InChI is InChI=1S/C14H21N3O2S/c1-4-19-12-7-5-6-11-13(12)16-14(15)17(11)10(2)8-9-20(3)18/h5-7,10H,4,8-9H2,1-3H3,(H2,15,16). The van der Waals surface area contributed by atoms with Gasteiger partial charge in [-0.15, -0.1) is 0 Å². The normalized spacial score (nSPS) is 14.3. The van der Waals surface area contributed by atoms with Gasteiger partial charge < -0.3 is 15.0 Å². The molecule has 2 unspecified atom stereocenters. The fourth-order valence-electron chi connectivity index (χ4n) is 2.31. The van der Waals surface area contributed by atoms with E-state index < -0.39 is 10.8 Å². The average Bonchev–Trinajstić information content (AvgIpc) is 2.73. The van der Waals surface area contributed by atoms with Gasteiger partial charge in [0, 0.05) is 28.9 Å². The fourth-order valence-corrected chi connectivity index (χ4v) is 2.98. The Kier molecular flexibility index (Phi) is 4.65. The van der Waals surface area contributed by atoms with Crippen LogP contribution in [-0.2, 0) is 10.8 Å². The lowest BCUT2D eigenvalue weighted by Crippen LogP contribution is -2.11. The van der Waals surface area contributed by atoms with E-state index in [4.69, 9.17) is 10.5 Å². The molecule has 0 aliphatic rings. The monoisotopic (exact) mass is 295 g/mol. The molecule has 2 rings (SSSR count). The summed E-state index contributed by atoms with van der Waals surface area (Å²) in [5, 5.41) is 0. The second-order valence-corrected chi connectivity index (χ2v) is 6.37. The second kappa shape index (κ2) is 6.26. The lowest BCUT2D eigenvalue weighted by atomic mass is 10.2. The third-order valence-corrected chi connectivity index (χ3v) is 4.08. The van der Waals surface area contributed by atoms with Crippen LogP contribution >= 0.6 is 0 Å². The van der Waals surface area contributed by atoms with Crippen LogP contribution < -0.4 is 10.5 Å². The van der Waals surface area contributed by atoms with E-state index in [1.54, 1.807) is 6.26 Å². The summed E-state index contributed by atoms with van der Waals surface area (Å²) >= 11 is 0. The van der Waals surface area contributed by atoms with Gasteiger partial charge in [-0.3, -0.25) is 4.21 Å². The maximum Gasteiger partial charge on any atom is 0.201 e. The molecule has 0 saturated heterocycles. The first-order valence-corrected chi connectivity index (χ1v) is 8.46. The quantitative estimate of drug-likeness (QED) is 0.888. The Balaban J connectivity index is 2.40. The predicted molar refractivity (Wildman–Crippen MR) is 83.6 cm³/mol. The van der Waals surface area contributed by atoms with Crippen molar-refractivity contribution in [1.29, 1.82) is 0 Å². The molecule has 0 radical (unpaired) electrons. The molecule has 20 heavy (non-hydrogen) atoms. The Bertz CT molecular complexity index is 624. The summed E-state index contributed by atoms with van der Waals surface area (Å²) in [7, 11) is -0.795. The van der Waals surface area contributed by atoms with Crippen LogP contribution in [0.4, 0.5) is 5.95 Å². The molecule has 0 spiro atoms. The average molecular weight is 295 g/mol. The van der Waals surface area contributed by atoms with Gasteiger partial charge in [0.15, 0.2) is 0 Å². The van der Waals surface area contributed by atoms with Crippen molar-refractivity contribution >= 4 is 27.8 Å². The summed E-state index contributed by atoms with van der Waals surface area (Å²) in [5.41, 5.74) is 7.80. The van der Waals surface area contributed by atoms with Gasteiger partial charge in [-0.25, -0.2) is 4.98 Å². The Morgan fingerprint density at radius 2 is 2.25 bits per heavy atom. The molecule has 2 N–H and O–H groups in total. The first kappa shape index (κ1) is 14.8. The smallest absolute Gasteiger partial charge is 0.201 e. The Labute approximate surface area is 121 Å². The number of anilines is 1. The largest absolute Gasteiger partial charge is 0.492 e. The van der Waals surface area contributed by atoms with Gasteiger partial charge in [0.1, 0.15) is 11.3 Å². The van der Waals surface area contributed by atoms with Gasteiger partial charge in [-0.05, 0) is 32.4 Å². The molecule has 110 valence electrons. The summed E-state index contributed by atoms with van der Waals surface area (Å²) in [5.74, 6) is 1.88. The molecule has 5 nitrogen and oxygen atoms in total. The van der Waals surface area contributed by atoms with Gasteiger partial charge in [0.2, 0.25) is 5.95 Å². The first-order chi connectivity index (χ1) is 9.54. The highest BCUT2D eigenvalue weighted by Crippen LogP contribution is 2.30. The third-order valence-electron chi connectivity index (χ3n) is 3.27. The zero-order valence-electron chi connectivity index (χ0n) is 12.1. The predicted octanol–water partition coefficient (Wildman–Crippen LogP) is 2.35. The van der Waals surface area contributed by atoms with Crippen LogP contribution in [-0.4, -0.2) is 32.4 Å². The number of nitrogens with zero attached hydrogens (tertiary/aromatic N) is 2. The number of imidazole rings is 1. The molecular weight excluding hydrogens is 274 g/mol. The molecule has 6 heteroatoms. The second-order valence-electron chi connectivity index (χ2n) is 4.81. The van der Waals surface area contributed by atoms with Crippen LogP contribution in [0.1, 0.15) is 26.3 Å². The van der Waals surface area contributed by atoms with Crippen molar-refractivity contribution in [2.45, 2.75) is 26.3 Å². The number of para-hydroxylation sites is 1. The Morgan fingerprint density at radius 3 is 2.90 bits per heavy atom. The minimum atomic E-state index is -0.795. The summed E-state index contributed by atoms with van der Waals surface area (Å²) in [4.78, 5) is 4.42. The van der Waals surface area contributed by atoms with Gasteiger partial charge in [0.05, 0.1) is 12.1 Å². The number of fused-ring (bicyclic) bond motifs is 1. The molecule has 2 aromatic rings. The van der Waals surface area contributed by atoms with E-state index in [1.807, 2.05) is 29.7 Å². The molecule has 0 amide bonds. The maximum atomic E-state index is 11.2. The number of hydrogen-bond donors (Lipinski definition) is 1. The molecule has 2 atom stereocenters. The maximum absolute atomic E-state index is 11.2. The molecule has 0 fully saturated rings. The SMILES string of the molecule is CCOc1cccc2c1nc(N)n2C(C)CCS(C)=O. The lowest BCUT2D eigenvalue weighted by Gasteiger charge is -2.15. The summed E-state index contributed by atoms with van der Waals surface area (Å²) in [6.07, 6.45) is 2.52. The molecule has 0 saturated carbocycles. The van der Waals surface area contributed by atoms with Crippen molar-refractivity contribution in [3.05, 3.63) is 18.2 Å². The van der Waals surface area contributed by atoms with E-state index >= 15 is 0 Å². The number of nitrogen functional groups attached to an aromatic ring is 1. The lowest BCUT2D eigenvalue weighted by molar-refractivity contribution is 0.343. The van der Waals surface area contributed by atoms with Crippen molar-refractivity contribution in [2.24, 2.45) is 0 Å². The van der Waals surface area contributed by atoms with Gasteiger partial charge in [0.25, 0.3) is 0 Å². The highest BCUT2D eigenvalue weighted by atomic mass is 32.2. The van der Waals surface area contributed by atoms with E-state index in [0.717, 1.165) is 23.2 Å². The van der Waals surface area contributed by atoms with Crippen molar-refractivity contribution in [3.8, 4) is 5.75 Å². The van der Waals surface area contributed by atoms with Gasteiger partial charge >= 0.3 is 0 Å². The molecule has 0 bridgehead atoms.